The Morgan fingerprint density at radius 3 is 2.46 bits per heavy atom. The van der Waals surface area contributed by atoms with Crippen molar-refractivity contribution in [3.63, 3.8) is 0 Å². The summed E-state index contributed by atoms with van der Waals surface area (Å²) in [5.41, 5.74) is -2.32. The van der Waals surface area contributed by atoms with Crippen molar-refractivity contribution in [3.05, 3.63) is 23.5 Å². The maximum Gasteiger partial charge on any atom is 0.495 e. The Balaban J connectivity index is 2.49. The number of aromatic nitrogens is 1. The highest BCUT2D eigenvalue weighted by Gasteiger charge is 2.48. The topological polar surface area (TPSA) is 57.7 Å². The first-order valence-electron chi connectivity index (χ1n) is 7.34. The molecule has 0 bridgehead atoms. The molecule has 24 heavy (non-hydrogen) atoms. The summed E-state index contributed by atoms with van der Waals surface area (Å²) in [4.78, 5) is 15.2. The highest BCUT2D eigenvalue weighted by Crippen LogP contribution is 2.38. The summed E-state index contributed by atoms with van der Waals surface area (Å²) in [5, 5.41) is 0. The van der Waals surface area contributed by atoms with Gasteiger partial charge in [0.05, 0.1) is 18.3 Å². The Labute approximate surface area is 138 Å². The molecule has 1 aromatic rings. The van der Waals surface area contributed by atoms with Gasteiger partial charge in [-0.1, -0.05) is 13.8 Å². The van der Waals surface area contributed by atoms with Gasteiger partial charge in [0.2, 0.25) is 0 Å². The molecule has 5 nitrogen and oxygen atoms in total. The molecule has 1 saturated heterocycles. The second-order valence-electron chi connectivity index (χ2n) is 6.80. The Morgan fingerprint density at radius 2 is 1.96 bits per heavy atom. The number of hydrogen-bond donors (Lipinski definition) is 0. The van der Waals surface area contributed by atoms with E-state index >= 15 is 0 Å². The van der Waals surface area contributed by atoms with Crippen LogP contribution in [-0.2, 0) is 20.2 Å². The molecule has 0 spiro atoms. The Kier molecular flexibility index (Phi) is 4.71. The van der Waals surface area contributed by atoms with Crippen molar-refractivity contribution in [1.29, 1.82) is 0 Å². The number of methoxy groups -OCH3 is 1. The van der Waals surface area contributed by atoms with Gasteiger partial charge in [-0.3, -0.25) is 4.98 Å². The van der Waals surface area contributed by atoms with E-state index in [9.17, 15) is 18.0 Å². The Hall–Kier alpha value is -1.61. The van der Waals surface area contributed by atoms with Crippen LogP contribution in [0, 0.1) is 5.41 Å². The molecule has 9 heteroatoms. The minimum absolute atomic E-state index is 0.0484. The molecular formula is C15H19BF3NO4. The second kappa shape index (κ2) is 6.04. The number of hydrogen-bond acceptors (Lipinski definition) is 5. The van der Waals surface area contributed by atoms with Crippen molar-refractivity contribution in [3.8, 4) is 0 Å². The molecule has 0 aliphatic carbocycles. The van der Waals surface area contributed by atoms with Gasteiger partial charge in [-0.05, 0) is 19.9 Å². The molecule has 0 atom stereocenters. The van der Waals surface area contributed by atoms with Crippen LogP contribution in [0.2, 0.25) is 0 Å². The first-order chi connectivity index (χ1) is 10.9. The molecule has 1 aromatic heterocycles. The van der Waals surface area contributed by atoms with Crippen molar-refractivity contribution >= 4 is 18.6 Å². The van der Waals surface area contributed by atoms with Crippen molar-refractivity contribution < 1.29 is 32.0 Å². The van der Waals surface area contributed by atoms with E-state index in [1.807, 2.05) is 27.7 Å². The van der Waals surface area contributed by atoms with Gasteiger partial charge in [0.15, 0.2) is 0 Å². The quantitative estimate of drug-likeness (QED) is 0.609. The maximum absolute atomic E-state index is 13.0. The van der Waals surface area contributed by atoms with E-state index < -0.39 is 30.6 Å². The first kappa shape index (κ1) is 18.7. The number of rotatable bonds is 2. The van der Waals surface area contributed by atoms with Gasteiger partial charge in [-0.2, -0.15) is 13.2 Å². The Bertz CT molecular complexity index is 646. The number of nitrogens with zero attached hydrogens (tertiary/aromatic N) is 1. The highest BCUT2D eigenvalue weighted by atomic mass is 19.4. The summed E-state index contributed by atoms with van der Waals surface area (Å²) in [7, 11) is 0.0191. The standard InChI is InChI=1S/C15H19BF3NO4/c1-13(2)8-23-16(24-14(13,3)4)10-6-11(15(17,18)19)20-7-9(10)12(21)22-5/h6-7H,8H2,1-5H3. The summed E-state index contributed by atoms with van der Waals surface area (Å²) in [6, 6.07) is 0.769. The molecule has 0 aromatic carbocycles. The zero-order valence-electron chi connectivity index (χ0n) is 14.2. The van der Waals surface area contributed by atoms with Crippen LogP contribution in [0.25, 0.3) is 0 Å². The van der Waals surface area contributed by atoms with Gasteiger partial charge in [0.25, 0.3) is 0 Å². The van der Waals surface area contributed by atoms with Gasteiger partial charge in [0, 0.05) is 23.7 Å². The van der Waals surface area contributed by atoms with E-state index in [1.54, 1.807) is 0 Å². The van der Waals surface area contributed by atoms with Crippen LogP contribution in [0.1, 0.15) is 43.7 Å². The normalized spacial score (nSPS) is 19.9. The number of carbonyl (C=O) groups excluding carboxylic acids is 1. The first-order valence-corrected chi connectivity index (χ1v) is 7.34. The van der Waals surface area contributed by atoms with Crippen molar-refractivity contribution in [1.82, 2.24) is 4.98 Å². The number of halogens is 3. The maximum atomic E-state index is 13.0. The fourth-order valence-electron chi connectivity index (χ4n) is 2.17. The summed E-state index contributed by atoms with van der Waals surface area (Å²) in [5.74, 6) is -0.805. The summed E-state index contributed by atoms with van der Waals surface area (Å²) >= 11 is 0. The van der Waals surface area contributed by atoms with Crippen LogP contribution in [-0.4, -0.2) is 37.4 Å². The second-order valence-corrected chi connectivity index (χ2v) is 6.80. The predicted octanol–water partition coefficient (Wildman–Crippen LogP) is 2.43. The summed E-state index contributed by atoms with van der Waals surface area (Å²) < 4.78 is 55.0. The predicted molar refractivity (Wildman–Crippen MR) is 80.9 cm³/mol. The minimum Gasteiger partial charge on any atom is -0.465 e. The zero-order chi connectivity index (χ0) is 18.3. The fourth-order valence-corrected chi connectivity index (χ4v) is 2.17. The lowest BCUT2D eigenvalue weighted by molar-refractivity contribution is -0.141. The van der Waals surface area contributed by atoms with E-state index in [0.29, 0.717) is 0 Å². The fraction of sp³-hybridized carbons (Fsp3) is 0.600. The monoisotopic (exact) mass is 345 g/mol. The van der Waals surface area contributed by atoms with Gasteiger partial charge >= 0.3 is 19.3 Å². The van der Waals surface area contributed by atoms with Crippen molar-refractivity contribution in [2.45, 2.75) is 39.5 Å². The molecule has 132 valence electrons. The van der Waals surface area contributed by atoms with Crippen LogP contribution in [0.5, 0.6) is 0 Å². The van der Waals surface area contributed by atoms with E-state index in [1.165, 1.54) is 0 Å². The molecular weight excluding hydrogens is 326 g/mol. The minimum atomic E-state index is -4.65. The van der Waals surface area contributed by atoms with Gasteiger partial charge in [0.1, 0.15) is 5.69 Å². The van der Waals surface area contributed by atoms with Crippen LogP contribution < -0.4 is 5.46 Å². The molecule has 0 radical (unpaired) electrons. The molecule has 0 saturated carbocycles. The number of alkyl halides is 3. The molecule has 0 unspecified atom stereocenters. The van der Waals surface area contributed by atoms with Crippen LogP contribution >= 0.6 is 0 Å². The van der Waals surface area contributed by atoms with E-state index in [0.717, 1.165) is 19.4 Å². The van der Waals surface area contributed by atoms with Crippen molar-refractivity contribution in [2.24, 2.45) is 5.41 Å². The lowest BCUT2D eigenvalue weighted by Crippen LogP contribution is -2.59. The smallest absolute Gasteiger partial charge is 0.465 e. The van der Waals surface area contributed by atoms with Gasteiger partial charge in [-0.25, -0.2) is 4.79 Å². The van der Waals surface area contributed by atoms with E-state index in [4.69, 9.17) is 9.31 Å². The molecule has 2 heterocycles. The summed E-state index contributed by atoms with van der Waals surface area (Å²) in [6.07, 6.45) is -3.81. The number of ether oxygens (including phenoxy) is 1. The largest absolute Gasteiger partial charge is 0.495 e. The van der Waals surface area contributed by atoms with Gasteiger partial charge < -0.3 is 14.0 Å². The zero-order valence-corrected chi connectivity index (χ0v) is 14.2. The van der Waals surface area contributed by atoms with E-state index in [2.05, 4.69) is 9.72 Å². The molecule has 1 aliphatic heterocycles. The molecule has 1 aliphatic rings. The van der Waals surface area contributed by atoms with Gasteiger partial charge in [-0.15, -0.1) is 0 Å². The summed E-state index contributed by atoms with van der Waals surface area (Å²) in [6.45, 7) is 7.77. The highest BCUT2D eigenvalue weighted by molar-refractivity contribution is 6.63. The van der Waals surface area contributed by atoms with E-state index in [-0.39, 0.29) is 23.0 Å². The molecule has 0 amide bonds. The molecule has 1 fully saturated rings. The Morgan fingerprint density at radius 1 is 1.33 bits per heavy atom. The molecule has 0 N–H and O–H groups in total. The average Bonchev–Trinajstić information content (AvgIpc) is 2.47. The number of pyridine rings is 1. The van der Waals surface area contributed by atoms with Crippen LogP contribution in [0.4, 0.5) is 13.2 Å². The third-order valence-corrected chi connectivity index (χ3v) is 4.51. The average molecular weight is 345 g/mol. The van der Waals surface area contributed by atoms with Crippen LogP contribution in [0.3, 0.4) is 0 Å². The lowest BCUT2D eigenvalue weighted by Gasteiger charge is -2.47. The SMILES string of the molecule is COC(=O)c1cnc(C(F)(F)F)cc1B1OCC(C)(C)C(C)(C)O1. The third-order valence-electron chi connectivity index (χ3n) is 4.51. The third kappa shape index (κ3) is 3.42. The lowest BCUT2D eigenvalue weighted by atomic mass is 9.68. The van der Waals surface area contributed by atoms with Crippen molar-refractivity contribution in [2.75, 3.05) is 13.7 Å². The number of esters is 1. The molecule has 2 rings (SSSR count). The number of carbonyl (C=O) groups is 1. The van der Waals surface area contributed by atoms with Crippen LogP contribution in [0.15, 0.2) is 12.3 Å².